The van der Waals surface area contributed by atoms with Crippen molar-refractivity contribution < 1.29 is 9.59 Å². The minimum absolute atomic E-state index is 0.0839. The average molecular weight is 269 g/mol. The van der Waals surface area contributed by atoms with E-state index in [1.54, 1.807) is 6.92 Å². The Hall–Kier alpha value is -1.36. The number of unbranched alkanes of at least 4 members (excludes halogenated alkanes) is 2. The van der Waals surface area contributed by atoms with Crippen LogP contribution in [0.15, 0.2) is 12.2 Å². The molecule has 0 fully saturated rings. The lowest BCUT2D eigenvalue weighted by molar-refractivity contribution is -0.122. The Morgan fingerprint density at radius 3 is 2.37 bits per heavy atom. The molecular weight excluding hydrogens is 242 g/mol. The first-order valence-corrected chi connectivity index (χ1v) is 6.96. The quantitative estimate of drug-likeness (QED) is 0.410. The predicted molar refractivity (Wildman–Crippen MR) is 77.6 cm³/mol. The zero-order valence-electron chi connectivity index (χ0n) is 12.1. The summed E-state index contributed by atoms with van der Waals surface area (Å²) in [5.41, 5.74) is 6.28. The highest BCUT2D eigenvalue weighted by atomic mass is 16.2. The molecule has 0 rings (SSSR count). The summed E-state index contributed by atoms with van der Waals surface area (Å²) in [6.45, 7) is 8.59. The maximum Gasteiger partial charge on any atom is 0.246 e. The van der Waals surface area contributed by atoms with Gasteiger partial charge < -0.3 is 16.4 Å². The Morgan fingerprint density at radius 2 is 1.79 bits per heavy atom. The molecule has 0 aromatic heterocycles. The summed E-state index contributed by atoms with van der Waals surface area (Å²) in [4.78, 5) is 22.8. The van der Waals surface area contributed by atoms with Crippen molar-refractivity contribution in [1.82, 2.24) is 10.6 Å². The molecule has 0 saturated carbocycles. The third kappa shape index (κ3) is 9.25. The van der Waals surface area contributed by atoms with Crippen LogP contribution in [-0.4, -0.2) is 30.9 Å². The zero-order chi connectivity index (χ0) is 14.7. The van der Waals surface area contributed by atoms with Gasteiger partial charge in [-0.3, -0.25) is 9.59 Å². The molecule has 5 nitrogen and oxygen atoms in total. The Balaban J connectivity index is 3.57. The van der Waals surface area contributed by atoms with Crippen LogP contribution in [0, 0.1) is 0 Å². The lowest BCUT2D eigenvalue weighted by Crippen LogP contribution is -2.41. The van der Waals surface area contributed by atoms with Gasteiger partial charge in [-0.2, -0.15) is 0 Å². The Bertz CT molecular complexity index is 303. The van der Waals surface area contributed by atoms with Gasteiger partial charge in [0.2, 0.25) is 11.8 Å². The first-order valence-electron chi connectivity index (χ1n) is 6.96. The summed E-state index contributed by atoms with van der Waals surface area (Å²) < 4.78 is 0. The maximum absolute atomic E-state index is 11.6. The standard InChI is InChI=1S/C14H27N3O2/c1-4-5-9-17-14(19)12(15)8-6-7-10-16-13(18)11(2)3/h12H,2,4-10,15H2,1,3H3,(H,16,18)(H,17,19). The SMILES string of the molecule is C=C(C)C(=O)NCCCCC(N)C(=O)NCCCC. The van der Waals surface area contributed by atoms with Crippen molar-refractivity contribution in [1.29, 1.82) is 0 Å². The van der Waals surface area contributed by atoms with Crippen LogP contribution in [-0.2, 0) is 9.59 Å². The summed E-state index contributed by atoms with van der Waals surface area (Å²) >= 11 is 0. The fourth-order valence-corrected chi connectivity index (χ4v) is 1.49. The highest BCUT2D eigenvalue weighted by molar-refractivity contribution is 5.92. The fourth-order valence-electron chi connectivity index (χ4n) is 1.49. The van der Waals surface area contributed by atoms with Crippen LogP contribution in [0.4, 0.5) is 0 Å². The Kier molecular flexibility index (Phi) is 9.80. The Morgan fingerprint density at radius 1 is 1.16 bits per heavy atom. The van der Waals surface area contributed by atoms with Crippen LogP contribution in [0.25, 0.3) is 0 Å². The van der Waals surface area contributed by atoms with Crippen LogP contribution in [0.5, 0.6) is 0 Å². The highest BCUT2D eigenvalue weighted by Gasteiger charge is 2.11. The van der Waals surface area contributed by atoms with Gasteiger partial charge in [0.25, 0.3) is 0 Å². The number of nitrogens with one attached hydrogen (secondary N) is 2. The van der Waals surface area contributed by atoms with E-state index in [4.69, 9.17) is 5.73 Å². The van der Waals surface area contributed by atoms with E-state index in [1.807, 2.05) is 0 Å². The van der Waals surface area contributed by atoms with E-state index in [1.165, 1.54) is 0 Å². The van der Waals surface area contributed by atoms with Crippen molar-refractivity contribution in [3.63, 3.8) is 0 Å². The summed E-state index contributed by atoms with van der Waals surface area (Å²) in [5, 5.41) is 5.56. The van der Waals surface area contributed by atoms with Crippen molar-refractivity contribution in [3.8, 4) is 0 Å². The topological polar surface area (TPSA) is 84.2 Å². The molecule has 4 N–H and O–H groups in total. The second kappa shape index (κ2) is 10.6. The first kappa shape index (κ1) is 17.6. The third-order valence-corrected chi connectivity index (χ3v) is 2.78. The number of carbonyl (C=O) groups excluding carboxylic acids is 2. The van der Waals surface area contributed by atoms with Crippen LogP contribution >= 0.6 is 0 Å². The molecule has 0 bridgehead atoms. The summed E-state index contributed by atoms with van der Waals surface area (Å²) in [5.74, 6) is -0.207. The Labute approximate surface area is 116 Å². The molecule has 0 aromatic rings. The molecule has 1 atom stereocenters. The molecule has 0 spiro atoms. The van der Waals surface area contributed by atoms with Gasteiger partial charge in [-0.1, -0.05) is 19.9 Å². The highest BCUT2D eigenvalue weighted by Crippen LogP contribution is 1.99. The number of hydrogen-bond acceptors (Lipinski definition) is 3. The van der Waals surface area contributed by atoms with Crippen LogP contribution in [0.2, 0.25) is 0 Å². The number of hydrogen-bond donors (Lipinski definition) is 3. The molecule has 0 saturated heterocycles. The predicted octanol–water partition coefficient (Wildman–Crippen LogP) is 1.09. The third-order valence-electron chi connectivity index (χ3n) is 2.78. The fraction of sp³-hybridized carbons (Fsp3) is 0.714. The summed E-state index contributed by atoms with van der Waals surface area (Å²) in [7, 11) is 0. The van der Waals surface area contributed by atoms with Crippen molar-refractivity contribution >= 4 is 11.8 Å². The lowest BCUT2D eigenvalue weighted by Gasteiger charge is -2.12. The molecule has 1 unspecified atom stereocenters. The van der Waals surface area contributed by atoms with Crippen LogP contribution in [0.1, 0.15) is 46.0 Å². The second-order valence-corrected chi connectivity index (χ2v) is 4.78. The van der Waals surface area contributed by atoms with Gasteiger partial charge in [-0.05, 0) is 32.6 Å². The van der Waals surface area contributed by atoms with Crippen LogP contribution in [0.3, 0.4) is 0 Å². The molecule has 0 aliphatic rings. The number of amides is 2. The van der Waals surface area contributed by atoms with Crippen molar-refractivity contribution in [2.24, 2.45) is 5.73 Å². The molecule has 0 aliphatic heterocycles. The van der Waals surface area contributed by atoms with Gasteiger partial charge in [0.1, 0.15) is 0 Å². The summed E-state index contributed by atoms with van der Waals surface area (Å²) in [6.07, 6.45) is 4.30. The van der Waals surface area contributed by atoms with Gasteiger partial charge >= 0.3 is 0 Å². The molecule has 0 aliphatic carbocycles. The van der Waals surface area contributed by atoms with Crippen LogP contribution < -0.4 is 16.4 Å². The average Bonchev–Trinajstić information content (AvgIpc) is 2.37. The minimum atomic E-state index is -0.450. The summed E-state index contributed by atoms with van der Waals surface area (Å²) in [6, 6.07) is -0.450. The van der Waals surface area contributed by atoms with Crippen molar-refractivity contribution in [2.75, 3.05) is 13.1 Å². The van der Waals surface area contributed by atoms with E-state index in [2.05, 4.69) is 24.1 Å². The van der Waals surface area contributed by atoms with E-state index in [-0.39, 0.29) is 11.8 Å². The first-order chi connectivity index (χ1) is 8.99. The molecule has 0 heterocycles. The van der Waals surface area contributed by atoms with Gasteiger partial charge in [0, 0.05) is 18.7 Å². The number of nitrogens with two attached hydrogens (primary N) is 1. The molecular formula is C14H27N3O2. The normalized spacial score (nSPS) is 11.7. The zero-order valence-corrected chi connectivity index (χ0v) is 12.1. The number of carbonyl (C=O) groups is 2. The maximum atomic E-state index is 11.6. The minimum Gasteiger partial charge on any atom is -0.355 e. The smallest absolute Gasteiger partial charge is 0.246 e. The lowest BCUT2D eigenvalue weighted by atomic mass is 10.1. The molecule has 5 heteroatoms. The van der Waals surface area contributed by atoms with Crippen molar-refractivity contribution in [3.05, 3.63) is 12.2 Å². The van der Waals surface area contributed by atoms with Gasteiger partial charge in [-0.15, -0.1) is 0 Å². The molecule has 0 radical (unpaired) electrons. The molecule has 110 valence electrons. The van der Waals surface area contributed by atoms with Gasteiger partial charge in [0.15, 0.2) is 0 Å². The van der Waals surface area contributed by atoms with E-state index in [0.29, 0.717) is 25.1 Å². The van der Waals surface area contributed by atoms with Gasteiger partial charge in [-0.25, -0.2) is 0 Å². The monoisotopic (exact) mass is 269 g/mol. The van der Waals surface area contributed by atoms with E-state index >= 15 is 0 Å². The molecule has 0 aromatic carbocycles. The van der Waals surface area contributed by atoms with Gasteiger partial charge in [0.05, 0.1) is 6.04 Å². The van der Waals surface area contributed by atoms with E-state index < -0.39 is 6.04 Å². The largest absolute Gasteiger partial charge is 0.355 e. The molecule has 2 amide bonds. The number of rotatable bonds is 10. The van der Waals surface area contributed by atoms with E-state index in [0.717, 1.165) is 25.7 Å². The van der Waals surface area contributed by atoms with Crippen molar-refractivity contribution in [2.45, 2.75) is 52.0 Å². The molecule has 19 heavy (non-hydrogen) atoms. The second-order valence-electron chi connectivity index (χ2n) is 4.78. The van der Waals surface area contributed by atoms with E-state index in [9.17, 15) is 9.59 Å².